The summed E-state index contributed by atoms with van der Waals surface area (Å²) >= 11 is 1.52. The van der Waals surface area contributed by atoms with Gasteiger partial charge in [0, 0.05) is 11.3 Å². The molecule has 1 aromatic rings. The van der Waals surface area contributed by atoms with Crippen LogP contribution >= 0.6 is 11.3 Å². The molecule has 0 aromatic carbocycles. The highest BCUT2D eigenvalue weighted by molar-refractivity contribution is 7.15. The summed E-state index contributed by atoms with van der Waals surface area (Å²) in [5.41, 5.74) is 1.33. The van der Waals surface area contributed by atoms with Gasteiger partial charge in [-0.3, -0.25) is 14.9 Å². The van der Waals surface area contributed by atoms with Crippen molar-refractivity contribution in [2.24, 2.45) is 11.3 Å². The second kappa shape index (κ2) is 6.74. The van der Waals surface area contributed by atoms with Crippen molar-refractivity contribution in [1.29, 1.82) is 0 Å². The van der Waals surface area contributed by atoms with Crippen LogP contribution < -0.4 is 16.0 Å². The zero-order valence-electron chi connectivity index (χ0n) is 14.8. The van der Waals surface area contributed by atoms with E-state index in [0.717, 1.165) is 25.0 Å². The number of amides is 4. The minimum Gasteiger partial charge on any atom is -0.326 e. The van der Waals surface area contributed by atoms with Crippen LogP contribution in [0.1, 0.15) is 50.6 Å². The van der Waals surface area contributed by atoms with Gasteiger partial charge in [-0.25, -0.2) is 9.78 Å². The van der Waals surface area contributed by atoms with Crippen molar-refractivity contribution in [3.8, 4) is 0 Å². The first-order valence-electron chi connectivity index (χ1n) is 8.62. The molecule has 1 fully saturated rings. The number of anilines is 1. The van der Waals surface area contributed by atoms with Gasteiger partial charge < -0.3 is 10.6 Å². The normalized spacial score (nSPS) is 24.0. The van der Waals surface area contributed by atoms with Gasteiger partial charge in [0.25, 0.3) is 0 Å². The smallest absolute Gasteiger partial charge is 0.322 e. The molecule has 0 unspecified atom stereocenters. The summed E-state index contributed by atoms with van der Waals surface area (Å²) in [5.74, 6) is -0.0868. The first kappa shape index (κ1) is 17.8. The lowest BCUT2D eigenvalue weighted by Crippen LogP contribution is -2.45. The second-order valence-corrected chi connectivity index (χ2v) is 8.88. The third-order valence-electron chi connectivity index (χ3n) is 4.93. The number of urea groups is 1. The minimum atomic E-state index is -0.727. The van der Waals surface area contributed by atoms with Gasteiger partial charge in [0.2, 0.25) is 11.8 Å². The summed E-state index contributed by atoms with van der Waals surface area (Å²) in [6.45, 7) is 6.78. The van der Waals surface area contributed by atoms with Crippen molar-refractivity contribution in [2.45, 2.75) is 58.9 Å². The van der Waals surface area contributed by atoms with E-state index in [1.54, 1.807) is 0 Å². The molecule has 4 amide bonds. The van der Waals surface area contributed by atoms with Gasteiger partial charge in [0.1, 0.15) is 6.04 Å². The lowest BCUT2D eigenvalue weighted by Gasteiger charge is -2.33. The van der Waals surface area contributed by atoms with Crippen LogP contribution in [0, 0.1) is 11.3 Å². The molecule has 3 N–H and O–H groups in total. The Morgan fingerprint density at radius 3 is 2.72 bits per heavy atom. The van der Waals surface area contributed by atoms with Crippen molar-refractivity contribution >= 4 is 34.3 Å². The Labute approximate surface area is 151 Å². The second-order valence-electron chi connectivity index (χ2n) is 7.80. The van der Waals surface area contributed by atoms with Gasteiger partial charge in [-0.15, -0.1) is 11.3 Å². The number of rotatable bonds is 2. The van der Waals surface area contributed by atoms with Crippen LogP contribution in [0.2, 0.25) is 0 Å². The van der Waals surface area contributed by atoms with E-state index in [0.29, 0.717) is 11.0 Å². The van der Waals surface area contributed by atoms with Gasteiger partial charge >= 0.3 is 6.03 Å². The monoisotopic (exact) mass is 364 g/mol. The highest BCUT2D eigenvalue weighted by Crippen LogP contribution is 2.40. The van der Waals surface area contributed by atoms with Crippen LogP contribution in [0.4, 0.5) is 9.93 Å². The minimum absolute atomic E-state index is 0.137. The number of thiazole rings is 1. The molecule has 1 aliphatic carbocycles. The molecule has 0 radical (unpaired) electrons. The molecule has 2 atom stereocenters. The average molecular weight is 364 g/mol. The Bertz CT molecular complexity index is 707. The molecule has 0 saturated carbocycles. The van der Waals surface area contributed by atoms with E-state index in [9.17, 15) is 14.4 Å². The Morgan fingerprint density at radius 2 is 2.00 bits per heavy atom. The quantitative estimate of drug-likeness (QED) is 0.749. The summed E-state index contributed by atoms with van der Waals surface area (Å²) < 4.78 is 0. The Hall–Kier alpha value is -1.96. The molecule has 2 aliphatic rings. The summed E-state index contributed by atoms with van der Waals surface area (Å²) in [4.78, 5) is 41.1. The maximum absolute atomic E-state index is 12.4. The van der Waals surface area contributed by atoms with E-state index in [-0.39, 0.29) is 30.1 Å². The number of aromatic nitrogens is 1. The maximum atomic E-state index is 12.4. The lowest BCUT2D eigenvalue weighted by molar-refractivity contribution is -0.120. The number of imide groups is 1. The molecule has 1 saturated heterocycles. The third kappa shape index (κ3) is 4.18. The zero-order chi connectivity index (χ0) is 18.2. The van der Waals surface area contributed by atoms with Gasteiger partial charge in [0.15, 0.2) is 5.13 Å². The van der Waals surface area contributed by atoms with Crippen LogP contribution in [0.5, 0.6) is 0 Å². The van der Waals surface area contributed by atoms with Crippen molar-refractivity contribution in [1.82, 2.24) is 15.6 Å². The molecule has 2 heterocycles. The van der Waals surface area contributed by atoms with Crippen LogP contribution in [0.15, 0.2) is 0 Å². The van der Waals surface area contributed by atoms with Gasteiger partial charge in [-0.2, -0.15) is 0 Å². The van der Waals surface area contributed by atoms with Crippen molar-refractivity contribution in [3.63, 3.8) is 0 Å². The average Bonchev–Trinajstić information content (AvgIpc) is 2.82. The number of hydrogen-bond acceptors (Lipinski definition) is 5. The van der Waals surface area contributed by atoms with E-state index < -0.39 is 12.1 Å². The first-order valence-corrected chi connectivity index (χ1v) is 9.44. The number of aryl methyl sites for hydroxylation is 1. The van der Waals surface area contributed by atoms with Crippen LogP contribution in [0.3, 0.4) is 0 Å². The largest absolute Gasteiger partial charge is 0.326 e. The predicted molar refractivity (Wildman–Crippen MR) is 95.4 cm³/mol. The number of nitrogens with zero attached hydrogens (tertiary/aromatic N) is 1. The zero-order valence-corrected chi connectivity index (χ0v) is 15.6. The van der Waals surface area contributed by atoms with Gasteiger partial charge in [-0.05, 0) is 37.0 Å². The molecule has 7 nitrogen and oxygen atoms in total. The van der Waals surface area contributed by atoms with E-state index in [2.05, 4.69) is 41.7 Å². The first-order chi connectivity index (χ1) is 11.7. The summed E-state index contributed by atoms with van der Waals surface area (Å²) in [6, 6.07) is -1.36. The molecule has 1 aromatic heterocycles. The standard InChI is InChI=1S/C17H24N4O3S/c1-17(2,3)9-4-5-10-12(8-9)25-16(19-10)21-14(23)11-6-7-13(22)20-15(24)18-11/h9,11H,4-8H2,1-3H3,(H,19,21,23)(H2,18,20,22,24)/t9-,11+/m0/s1. The highest BCUT2D eigenvalue weighted by Gasteiger charge is 2.31. The molecule has 0 bridgehead atoms. The number of carbonyl (C=O) groups is 3. The van der Waals surface area contributed by atoms with Crippen LogP contribution in [-0.4, -0.2) is 28.9 Å². The maximum Gasteiger partial charge on any atom is 0.322 e. The topological polar surface area (TPSA) is 100 Å². The molecular formula is C17H24N4O3S. The van der Waals surface area contributed by atoms with Gasteiger partial charge in [-0.1, -0.05) is 20.8 Å². The van der Waals surface area contributed by atoms with Gasteiger partial charge in [0.05, 0.1) is 5.69 Å². The SMILES string of the molecule is CC(C)(C)[C@H]1CCc2nc(NC(=O)[C@H]3CCC(=O)NC(=O)N3)sc2C1. The fourth-order valence-corrected chi connectivity index (χ4v) is 4.38. The Balaban J connectivity index is 1.66. The fourth-order valence-electron chi connectivity index (χ4n) is 3.29. The van der Waals surface area contributed by atoms with E-state index in [1.807, 2.05) is 0 Å². The summed E-state index contributed by atoms with van der Waals surface area (Å²) in [7, 11) is 0. The fraction of sp³-hybridized carbons (Fsp3) is 0.647. The molecular weight excluding hydrogens is 340 g/mol. The van der Waals surface area contributed by atoms with Crippen LogP contribution in [-0.2, 0) is 22.4 Å². The van der Waals surface area contributed by atoms with E-state index >= 15 is 0 Å². The number of carbonyl (C=O) groups excluding carboxylic acids is 3. The number of fused-ring (bicyclic) bond motifs is 1. The van der Waals surface area contributed by atoms with Crippen LogP contribution in [0.25, 0.3) is 0 Å². The molecule has 136 valence electrons. The van der Waals surface area contributed by atoms with E-state index in [4.69, 9.17) is 0 Å². The lowest BCUT2D eigenvalue weighted by atomic mass is 9.73. The Morgan fingerprint density at radius 1 is 1.24 bits per heavy atom. The number of nitrogens with one attached hydrogen (secondary N) is 3. The van der Waals surface area contributed by atoms with Crippen molar-refractivity contribution < 1.29 is 14.4 Å². The Kier molecular flexibility index (Phi) is 4.81. The highest BCUT2D eigenvalue weighted by atomic mass is 32.1. The summed E-state index contributed by atoms with van der Waals surface area (Å²) in [5, 5.41) is 8.05. The molecule has 8 heteroatoms. The molecule has 3 rings (SSSR count). The molecule has 0 spiro atoms. The van der Waals surface area contributed by atoms with E-state index in [1.165, 1.54) is 16.2 Å². The third-order valence-corrected chi connectivity index (χ3v) is 5.96. The molecule has 1 aliphatic heterocycles. The summed E-state index contributed by atoms with van der Waals surface area (Å²) in [6.07, 6.45) is 3.45. The predicted octanol–water partition coefficient (Wildman–Crippen LogP) is 2.22. The van der Waals surface area contributed by atoms with Crippen molar-refractivity contribution in [3.05, 3.63) is 10.6 Å². The number of hydrogen-bond donors (Lipinski definition) is 3. The van der Waals surface area contributed by atoms with Crippen molar-refractivity contribution in [2.75, 3.05) is 5.32 Å². The molecule has 25 heavy (non-hydrogen) atoms.